The molecule has 0 radical (unpaired) electrons. The van der Waals surface area contributed by atoms with Crippen LogP contribution < -0.4 is 5.32 Å². The van der Waals surface area contributed by atoms with Crippen LogP contribution in [0.1, 0.15) is 54.1 Å². The van der Waals surface area contributed by atoms with Crippen LogP contribution in [0.15, 0.2) is 53.4 Å². The van der Waals surface area contributed by atoms with E-state index in [9.17, 15) is 13.2 Å². The van der Waals surface area contributed by atoms with Crippen molar-refractivity contribution in [3.63, 3.8) is 0 Å². The van der Waals surface area contributed by atoms with Crippen molar-refractivity contribution in [3.05, 3.63) is 75.8 Å². The average molecular weight is 509 g/mol. The number of carbonyl (C=O) groups is 1. The van der Waals surface area contributed by atoms with Crippen LogP contribution in [-0.2, 0) is 34.1 Å². The molecule has 1 N–H and O–H groups in total. The van der Waals surface area contributed by atoms with Crippen molar-refractivity contribution in [1.82, 2.24) is 9.88 Å². The number of sulfone groups is 1. The van der Waals surface area contributed by atoms with E-state index in [1.54, 1.807) is 31.2 Å². The number of fused-ring (bicyclic) bond motifs is 1. The van der Waals surface area contributed by atoms with Crippen molar-refractivity contribution in [2.24, 2.45) is 5.92 Å². The Bertz CT molecular complexity index is 1360. The first kappa shape index (κ1) is 25.0. The van der Waals surface area contributed by atoms with Gasteiger partial charge in [-0.05, 0) is 41.3 Å². The van der Waals surface area contributed by atoms with E-state index in [4.69, 9.17) is 10.2 Å². The molecule has 0 aliphatic carbocycles. The summed E-state index contributed by atoms with van der Waals surface area (Å²) >= 11 is 1.50. The number of nitrogens with zero attached hydrogens (tertiary/aromatic N) is 3. The molecule has 1 aliphatic heterocycles. The molecule has 182 valence electrons. The summed E-state index contributed by atoms with van der Waals surface area (Å²) in [7, 11) is -3.26. The van der Waals surface area contributed by atoms with Gasteiger partial charge in [0.15, 0.2) is 15.0 Å². The highest BCUT2D eigenvalue weighted by Gasteiger charge is 2.36. The van der Waals surface area contributed by atoms with Gasteiger partial charge in [-0.3, -0.25) is 9.69 Å². The molecule has 4 rings (SSSR count). The first-order valence-corrected chi connectivity index (χ1v) is 14.0. The van der Waals surface area contributed by atoms with Gasteiger partial charge in [0.05, 0.1) is 40.4 Å². The number of benzene rings is 2. The second-order valence-corrected chi connectivity index (χ2v) is 12.4. The normalized spacial score (nSPS) is 15.7. The maximum absolute atomic E-state index is 12.6. The summed E-state index contributed by atoms with van der Waals surface area (Å²) in [5.41, 5.74) is 3.56. The standard InChI is InChI=1S/C26H28N4O3S2/c1-4-35(32,33)21-11-9-18(10-12-21)13-23(31)28-26-29-24-22(34-26)16-30(25(24)17(2)3)15-20-7-5-19(14-27)6-8-20/h5-12,17,25H,4,13,15-16H2,1-3H3,(H,28,29,31)/t25-/m0/s1. The van der Waals surface area contributed by atoms with Gasteiger partial charge in [-0.25, -0.2) is 13.4 Å². The van der Waals surface area contributed by atoms with Crippen molar-refractivity contribution in [2.75, 3.05) is 11.1 Å². The van der Waals surface area contributed by atoms with Gasteiger partial charge < -0.3 is 5.32 Å². The molecule has 0 bridgehead atoms. The molecule has 9 heteroatoms. The molecule has 2 aromatic carbocycles. The molecule has 1 aliphatic rings. The van der Waals surface area contributed by atoms with E-state index < -0.39 is 9.84 Å². The van der Waals surface area contributed by atoms with E-state index in [0.29, 0.717) is 16.6 Å². The number of hydrogen-bond acceptors (Lipinski definition) is 7. The van der Waals surface area contributed by atoms with Gasteiger partial charge in [-0.2, -0.15) is 5.26 Å². The number of hydrogen-bond donors (Lipinski definition) is 1. The molecule has 1 aromatic heterocycles. The maximum Gasteiger partial charge on any atom is 0.230 e. The fourth-order valence-corrected chi connectivity index (χ4v) is 6.29. The molecular formula is C26H28N4O3S2. The highest BCUT2D eigenvalue weighted by molar-refractivity contribution is 7.91. The van der Waals surface area contributed by atoms with Gasteiger partial charge in [0.25, 0.3) is 0 Å². The molecule has 2 heterocycles. The highest BCUT2D eigenvalue weighted by Crippen LogP contribution is 2.43. The number of amides is 1. The molecule has 0 spiro atoms. The minimum Gasteiger partial charge on any atom is -0.302 e. The summed E-state index contributed by atoms with van der Waals surface area (Å²) < 4.78 is 23.9. The quantitative estimate of drug-likeness (QED) is 0.473. The Kier molecular flexibility index (Phi) is 7.36. The van der Waals surface area contributed by atoms with Crippen LogP contribution in [0.4, 0.5) is 5.13 Å². The lowest BCUT2D eigenvalue weighted by molar-refractivity contribution is -0.115. The zero-order valence-corrected chi connectivity index (χ0v) is 21.6. The summed E-state index contributed by atoms with van der Waals surface area (Å²) in [6.07, 6.45) is 0.148. The van der Waals surface area contributed by atoms with Crippen molar-refractivity contribution >= 4 is 32.2 Å². The summed E-state index contributed by atoms with van der Waals surface area (Å²) in [6, 6.07) is 16.4. The number of aromatic nitrogens is 1. The van der Waals surface area contributed by atoms with Gasteiger partial charge in [0.1, 0.15) is 0 Å². The fourth-order valence-electron chi connectivity index (χ4n) is 4.36. The van der Waals surface area contributed by atoms with Crippen LogP contribution in [-0.4, -0.2) is 30.0 Å². The monoisotopic (exact) mass is 508 g/mol. The molecule has 7 nitrogen and oxygen atoms in total. The smallest absolute Gasteiger partial charge is 0.230 e. The van der Waals surface area contributed by atoms with E-state index in [-0.39, 0.29) is 29.0 Å². The minimum atomic E-state index is -3.26. The molecule has 0 fully saturated rings. The van der Waals surface area contributed by atoms with Gasteiger partial charge in [-0.15, -0.1) is 11.3 Å². The Balaban J connectivity index is 1.41. The predicted octanol–water partition coefficient (Wildman–Crippen LogP) is 4.70. The minimum absolute atomic E-state index is 0.0455. The maximum atomic E-state index is 12.6. The molecule has 0 saturated carbocycles. The molecule has 35 heavy (non-hydrogen) atoms. The molecule has 1 atom stereocenters. The van der Waals surface area contributed by atoms with E-state index >= 15 is 0 Å². The third kappa shape index (κ3) is 5.61. The van der Waals surface area contributed by atoms with Crippen molar-refractivity contribution in [3.8, 4) is 6.07 Å². The molecule has 0 unspecified atom stereocenters. The van der Waals surface area contributed by atoms with Crippen molar-refractivity contribution in [2.45, 2.75) is 51.2 Å². The van der Waals surface area contributed by atoms with E-state index in [2.05, 4.69) is 30.1 Å². The van der Waals surface area contributed by atoms with Crippen LogP contribution in [0, 0.1) is 17.2 Å². The number of carbonyl (C=O) groups excluding carboxylic acids is 1. The van der Waals surface area contributed by atoms with Crippen LogP contribution in [0.3, 0.4) is 0 Å². The molecule has 0 saturated heterocycles. The lowest BCUT2D eigenvalue weighted by atomic mass is 10.0. The van der Waals surface area contributed by atoms with E-state index in [0.717, 1.165) is 34.8 Å². The topological polar surface area (TPSA) is 103 Å². The number of nitriles is 1. The van der Waals surface area contributed by atoms with Gasteiger partial charge in [0.2, 0.25) is 5.91 Å². The lowest BCUT2D eigenvalue weighted by Gasteiger charge is -2.27. The highest BCUT2D eigenvalue weighted by atomic mass is 32.2. The lowest BCUT2D eigenvalue weighted by Crippen LogP contribution is -2.26. The fraction of sp³-hybridized carbons (Fsp3) is 0.346. The summed E-state index contributed by atoms with van der Waals surface area (Å²) in [5, 5.41) is 12.5. The Morgan fingerprint density at radius 2 is 1.83 bits per heavy atom. The third-order valence-electron chi connectivity index (χ3n) is 6.12. The predicted molar refractivity (Wildman–Crippen MR) is 137 cm³/mol. The van der Waals surface area contributed by atoms with Crippen LogP contribution >= 0.6 is 11.3 Å². The van der Waals surface area contributed by atoms with Gasteiger partial charge in [-0.1, -0.05) is 45.0 Å². The third-order valence-corrected chi connectivity index (χ3v) is 8.84. The second-order valence-electron chi connectivity index (χ2n) is 9.00. The first-order valence-electron chi connectivity index (χ1n) is 11.5. The number of thiazole rings is 1. The summed E-state index contributed by atoms with van der Waals surface area (Å²) in [5.74, 6) is 0.210. The summed E-state index contributed by atoms with van der Waals surface area (Å²) in [6.45, 7) is 7.48. The van der Waals surface area contributed by atoms with Crippen LogP contribution in [0.2, 0.25) is 0 Å². The Hall–Kier alpha value is -3.06. The zero-order chi connectivity index (χ0) is 25.2. The number of nitrogens with one attached hydrogen (secondary N) is 1. The number of anilines is 1. The Labute approximate surface area is 210 Å². The largest absolute Gasteiger partial charge is 0.302 e. The SMILES string of the molecule is CCS(=O)(=O)c1ccc(CC(=O)Nc2nc3c(s2)CN(Cc2ccc(C#N)cc2)[C@H]3C(C)C)cc1. The summed E-state index contributed by atoms with van der Waals surface area (Å²) in [4.78, 5) is 21.2. The molecular weight excluding hydrogens is 480 g/mol. The van der Waals surface area contributed by atoms with Crippen LogP contribution in [0.25, 0.3) is 0 Å². The zero-order valence-electron chi connectivity index (χ0n) is 20.0. The van der Waals surface area contributed by atoms with E-state index in [1.165, 1.54) is 11.3 Å². The first-order chi connectivity index (χ1) is 16.7. The van der Waals surface area contributed by atoms with Gasteiger partial charge >= 0.3 is 0 Å². The number of rotatable bonds is 8. The van der Waals surface area contributed by atoms with Gasteiger partial charge in [0, 0.05) is 18.0 Å². The Morgan fingerprint density at radius 1 is 1.17 bits per heavy atom. The van der Waals surface area contributed by atoms with Crippen LogP contribution in [0.5, 0.6) is 0 Å². The second kappa shape index (κ2) is 10.3. The van der Waals surface area contributed by atoms with E-state index in [1.807, 2.05) is 24.3 Å². The molecule has 1 amide bonds. The average Bonchev–Trinajstić information content (AvgIpc) is 3.36. The Morgan fingerprint density at radius 3 is 2.43 bits per heavy atom. The van der Waals surface area contributed by atoms with Crippen molar-refractivity contribution < 1.29 is 13.2 Å². The van der Waals surface area contributed by atoms with Crippen molar-refractivity contribution in [1.29, 1.82) is 5.26 Å². The molecule has 3 aromatic rings.